The zero-order valence-electron chi connectivity index (χ0n) is 34.6. The number of aliphatic hydroxyl groups is 2. The summed E-state index contributed by atoms with van der Waals surface area (Å²) < 4.78 is 32.6. The number of unbranched alkanes of at least 4 members (excludes halogenated alkanes) is 10. The second-order valence-corrected chi connectivity index (χ2v) is 15.1. The molecule has 0 spiro atoms. The highest BCUT2D eigenvalue weighted by Gasteiger charge is 2.27. The molecule has 1 unspecified atom stereocenters. The number of carbonyl (C=O) groups is 2. The standard InChI is InChI=1S/C45H75O10P/c1-3-5-7-9-11-13-15-17-19-20-21-22-23-25-27-29-31-33-35-37-45(49)55-43(41-54-56(50,51)53-39-42(47)38-46)40-52-44(48)36-34-32-30-28-26-24-18-16-14-12-10-8-6-4-2/h5,7,10-13,16-19,21-22,25,27,42-43,46-47H,3-4,6,8-9,14-15,20,23-24,26,28-41H2,1-2H3,(H,50,51)/b7-5+,12-10+,13-11+,18-16+,19-17+,22-21+,27-25+/t42-,43+/m0/s1. The summed E-state index contributed by atoms with van der Waals surface area (Å²) in [6.07, 6.45) is 46.9. The third-order valence-electron chi connectivity index (χ3n) is 8.28. The number of rotatable bonds is 38. The molecule has 0 bridgehead atoms. The lowest BCUT2D eigenvalue weighted by molar-refractivity contribution is -0.161. The maximum atomic E-state index is 12.6. The molecule has 0 radical (unpaired) electrons. The number of hydrogen-bond acceptors (Lipinski definition) is 9. The number of carbonyl (C=O) groups excluding carboxylic acids is 2. The number of ether oxygens (including phenoxy) is 2. The van der Waals surface area contributed by atoms with Gasteiger partial charge in [0.25, 0.3) is 0 Å². The summed E-state index contributed by atoms with van der Waals surface area (Å²) in [4.78, 5) is 34.9. The molecule has 0 fully saturated rings. The highest BCUT2D eigenvalue weighted by molar-refractivity contribution is 7.47. The Labute approximate surface area is 339 Å². The summed E-state index contributed by atoms with van der Waals surface area (Å²) in [6.45, 7) is 2.14. The van der Waals surface area contributed by atoms with Gasteiger partial charge in [0.15, 0.2) is 6.10 Å². The quantitative estimate of drug-likeness (QED) is 0.0238. The summed E-state index contributed by atoms with van der Waals surface area (Å²) in [5.74, 6) is -0.988. The molecule has 10 nitrogen and oxygen atoms in total. The van der Waals surface area contributed by atoms with E-state index in [0.29, 0.717) is 12.8 Å². The van der Waals surface area contributed by atoms with Crippen LogP contribution in [0.25, 0.3) is 0 Å². The van der Waals surface area contributed by atoms with Gasteiger partial charge in [-0.2, -0.15) is 0 Å². The van der Waals surface area contributed by atoms with Crippen LogP contribution in [-0.2, 0) is 32.7 Å². The van der Waals surface area contributed by atoms with Crippen LogP contribution in [0.5, 0.6) is 0 Å². The van der Waals surface area contributed by atoms with Gasteiger partial charge in [0.1, 0.15) is 12.7 Å². The van der Waals surface area contributed by atoms with Gasteiger partial charge >= 0.3 is 19.8 Å². The molecule has 0 aliphatic rings. The molecule has 0 aliphatic carbocycles. The average Bonchev–Trinajstić information content (AvgIpc) is 3.19. The summed E-state index contributed by atoms with van der Waals surface area (Å²) in [6, 6.07) is 0. The van der Waals surface area contributed by atoms with Gasteiger partial charge in [-0.15, -0.1) is 0 Å². The van der Waals surface area contributed by atoms with E-state index in [1.807, 2.05) is 0 Å². The van der Waals surface area contributed by atoms with Gasteiger partial charge in [-0.1, -0.05) is 137 Å². The summed E-state index contributed by atoms with van der Waals surface area (Å²) in [5, 5.41) is 18.3. The van der Waals surface area contributed by atoms with Gasteiger partial charge in [-0.25, -0.2) is 4.57 Å². The first kappa shape index (κ1) is 53.1. The highest BCUT2D eigenvalue weighted by Crippen LogP contribution is 2.43. The first-order valence-electron chi connectivity index (χ1n) is 21.0. The first-order valence-corrected chi connectivity index (χ1v) is 22.5. The molecule has 3 atom stereocenters. The van der Waals surface area contributed by atoms with Crippen molar-refractivity contribution in [3.8, 4) is 0 Å². The van der Waals surface area contributed by atoms with E-state index in [9.17, 15) is 24.2 Å². The van der Waals surface area contributed by atoms with Crippen LogP contribution in [0.3, 0.4) is 0 Å². The van der Waals surface area contributed by atoms with Crippen LogP contribution in [0.15, 0.2) is 85.1 Å². The van der Waals surface area contributed by atoms with E-state index < -0.39 is 51.8 Å². The molecule has 11 heteroatoms. The van der Waals surface area contributed by atoms with Gasteiger partial charge in [0.05, 0.1) is 19.8 Å². The van der Waals surface area contributed by atoms with Gasteiger partial charge in [-0.3, -0.25) is 18.6 Å². The lowest BCUT2D eigenvalue weighted by Gasteiger charge is -2.20. The maximum absolute atomic E-state index is 12.6. The monoisotopic (exact) mass is 807 g/mol. The normalized spacial score (nSPS) is 14.7. The molecule has 0 aliphatic heterocycles. The van der Waals surface area contributed by atoms with Crippen LogP contribution in [0.2, 0.25) is 0 Å². The van der Waals surface area contributed by atoms with Gasteiger partial charge in [0.2, 0.25) is 0 Å². The highest BCUT2D eigenvalue weighted by atomic mass is 31.2. The molecule has 0 saturated heterocycles. The van der Waals surface area contributed by atoms with E-state index in [1.165, 1.54) is 12.8 Å². The Morgan fingerprint density at radius 1 is 0.554 bits per heavy atom. The molecular weight excluding hydrogens is 731 g/mol. The van der Waals surface area contributed by atoms with Gasteiger partial charge in [0, 0.05) is 12.8 Å². The summed E-state index contributed by atoms with van der Waals surface area (Å²) in [5.41, 5.74) is 0. The zero-order valence-corrected chi connectivity index (χ0v) is 35.5. The Morgan fingerprint density at radius 2 is 0.982 bits per heavy atom. The van der Waals surface area contributed by atoms with E-state index in [0.717, 1.165) is 96.3 Å². The topological polar surface area (TPSA) is 149 Å². The summed E-state index contributed by atoms with van der Waals surface area (Å²) >= 11 is 0. The van der Waals surface area contributed by atoms with Crippen LogP contribution in [0, 0.1) is 0 Å². The zero-order chi connectivity index (χ0) is 41.2. The van der Waals surface area contributed by atoms with E-state index in [2.05, 4.69) is 103 Å². The molecule has 0 aromatic heterocycles. The van der Waals surface area contributed by atoms with Crippen molar-refractivity contribution in [3.05, 3.63) is 85.1 Å². The first-order chi connectivity index (χ1) is 27.2. The molecular formula is C45H75O10P. The fourth-order valence-electron chi connectivity index (χ4n) is 5.03. The van der Waals surface area contributed by atoms with Crippen LogP contribution < -0.4 is 0 Å². The minimum atomic E-state index is -4.63. The lowest BCUT2D eigenvalue weighted by Crippen LogP contribution is -2.29. The SMILES string of the molecule is CC/C=C/C/C=C/C/C=C/C/C=C/C/C=C/CCCCCC(=O)O[C@H](COC(=O)CCCCCCC/C=C/C/C=C/CCCC)COP(=O)(O)OC[C@@H](O)CO. The van der Waals surface area contributed by atoms with Crippen LogP contribution in [-0.4, -0.2) is 65.7 Å². The van der Waals surface area contributed by atoms with Crippen molar-refractivity contribution in [3.63, 3.8) is 0 Å². The Hall–Kier alpha value is -2.85. The number of phosphoric ester groups is 1. The Bertz CT molecular complexity index is 1200. The molecule has 0 heterocycles. The Kier molecular flexibility index (Phi) is 38.3. The predicted octanol–water partition coefficient (Wildman–Crippen LogP) is 11.1. The molecule has 56 heavy (non-hydrogen) atoms. The van der Waals surface area contributed by atoms with Crippen LogP contribution in [0.1, 0.15) is 149 Å². The summed E-state index contributed by atoms with van der Waals surface area (Å²) in [7, 11) is -4.63. The molecule has 0 rings (SSSR count). The van der Waals surface area contributed by atoms with Crippen molar-refractivity contribution in [1.82, 2.24) is 0 Å². The minimum absolute atomic E-state index is 0.137. The number of aliphatic hydroxyl groups excluding tert-OH is 2. The largest absolute Gasteiger partial charge is 0.472 e. The average molecular weight is 807 g/mol. The molecule has 320 valence electrons. The smallest absolute Gasteiger partial charge is 0.462 e. The predicted molar refractivity (Wildman–Crippen MR) is 228 cm³/mol. The third kappa shape index (κ3) is 39.4. The molecule has 0 aromatic carbocycles. The molecule has 0 amide bonds. The van der Waals surface area contributed by atoms with E-state index in [4.69, 9.17) is 19.1 Å². The van der Waals surface area contributed by atoms with Crippen molar-refractivity contribution in [2.75, 3.05) is 26.4 Å². The van der Waals surface area contributed by atoms with E-state index in [-0.39, 0.29) is 19.4 Å². The molecule has 0 saturated carbocycles. The van der Waals surface area contributed by atoms with Crippen molar-refractivity contribution >= 4 is 19.8 Å². The maximum Gasteiger partial charge on any atom is 0.472 e. The Balaban J connectivity index is 4.42. The fraction of sp³-hybridized carbons (Fsp3) is 0.644. The molecule has 0 aromatic rings. The van der Waals surface area contributed by atoms with Crippen LogP contribution in [0.4, 0.5) is 0 Å². The fourth-order valence-corrected chi connectivity index (χ4v) is 5.82. The van der Waals surface area contributed by atoms with E-state index >= 15 is 0 Å². The third-order valence-corrected chi connectivity index (χ3v) is 9.23. The minimum Gasteiger partial charge on any atom is -0.462 e. The number of esters is 2. The van der Waals surface area contributed by atoms with Crippen LogP contribution >= 0.6 is 7.82 Å². The molecule has 3 N–H and O–H groups in total. The number of allylic oxidation sites excluding steroid dienone is 14. The second kappa shape index (κ2) is 40.4. The van der Waals surface area contributed by atoms with Gasteiger partial charge < -0.3 is 24.6 Å². The van der Waals surface area contributed by atoms with Crippen molar-refractivity contribution in [1.29, 1.82) is 0 Å². The van der Waals surface area contributed by atoms with Crippen molar-refractivity contribution in [2.45, 2.75) is 161 Å². The van der Waals surface area contributed by atoms with Gasteiger partial charge in [-0.05, 0) is 83.5 Å². The number of hydrogen-bond donors (Lipinski definition) is 3. The Morgan fingerprint density at radius 3 is 1.50 bits per heavy atom. The van der Waals surface area contributed by atoms with Crippen molar-refractivity contribution < 1.29 is 47.8 Å². The van der Waals surface area contributed by atoms with E-state index in [1.54, 1.807) is 0 Å². The lowest BCUT2D eigenvalue weighted by atomic mass is 10.1. The van der Waals surface area contributed by atoms with Crippen molar-refractivity contribution in [2.24, 2.45) is 0 Å². The number of phosphoric acid groups is 1. The second-order valence-electron chi connectivity index (χ2n) is 13.6.